The SMILES string of the molecule is CCC(C)CCCCCCCCCCCCCCCCC(=O)OC[C@H](COP(=O)(O)OC[C@@H](O)COP(=O)(O)OC[C@@H](COC(=O)CCCCCCCCCCC(C)C)OC(=O)CCCCCCCCCCCCCC(C)C)OC(=O)CCCCCCCCCCCCCCCCCC(C)C. The highest BCUT2D eigenvalue weighted by Gasteiger charge is 2.30. The molecular weight excluding hydrogens is 1320 g/mol. The summed E-state index contributed by atoms with van der Waals surface area (Å²) in [7, 11) is -9.92. The van der Waals surface area contributed by atoms with Gasteiger partial charge in [-0.2, -0.15) is 0 Å². The molecule has 0 saturated carbocycles. The Balaban J connectivity index is 5.26. The first kappa shape index (κ1) is 99.1. The number of phosphoric ester groups is 2. The number of ether oxygens (including phenoxy) is 4. The second kappa shape index (κ2) is 71.0. The topological polar surface area (TPSA) is 237 Å². The van der Waals surface area contributed by atoms with Gasteiger partial charge in [-0.1, -0.05) is 370 Å². The van der Waals surface area contributed by atoms with E-state index in [0.717, 1.165) is 114 Å². The van der Waals surface area contributed by atoms with E-state index < -0.39 is 97.5 Å². The molecule has 101 heavy (non-hydrogen) atoms. The zero-order valence-corrected chi connectivity index (χ0v) is 68.3. The van der Waals surface area contributed by atoms with Crippen molar-refractivity contribution in [2.45, 2.75) is 440 Å². The normalized spacial score (nSPS) is 14.3. The second-order valence-electron chi connectivity index (χ2n) is 31.2. The largest absolute Gasteiger partial charge is 0.472 e. The van der Waals surface area contributed by atoms with E-state index in [2.05, 4.69) is 55.4 Å². The van der Waals surface area contributed by atoms with E-state index in [-0.39, 0.29) is 25.7 Å². The molecule has 0 spiro atoms. The molecule has 0 aromatic carbocycles. The number of unbranched alkanes of at least 4 members (excludes halogenated alkanes) is 44. The Hall–Kier alpha value is -1.94. The van der Waals surface area contributed by atoms with Crippen molar-refractivity contribution in [2.75, 3.05) is 39.6 Å². The van der Waals surface area contributed by atoms with Crippen molar-refractivity contribution in [1.82, 2.24) is 0 Å². The quantitative estimate of drug-likeness (QED) is 0.0222. The van der Waals surface area contributed by atoms with Crippen LogP contribution in [-0.4, -0.2) is 96.7 Å². The molecule has 0 heterocycles. The molecule has 17 nitrogen and oxygen atoms in total. The van der Waals surface area contributed by atoms with Crippen LogP contribution in [0, 0.1) is 23.7 Å². The summed E-state index contributed by atoms with van der Waals surface area (Å²) in [5.74, 6) is 1.03. The van der Waals surface area contributed by atoms with Gasteiger partial charge < -0.3 is 33.8 Å². The van der Waals surface area contributed by atoms with Crippen molar-refractivity contribution in [3.8, 4) is 0 Å². The van der Waals surface area contributed by atoms with Crippen LogP contribution < -0.4 is 0 Å². The predicted octanol–water partition coefficient (Wildman–Crippen LogP) is 24.4. The Morgan fingerprint density at radius 1 is 0.277 bits per heavy atom. The van der Waals surface area contributed by atoms with E-state index in [9.17, 15) is 43.2 Å². The first-order chi connectivity index (χ1) is 48.6. The van der Waals surface area contributed by atoms with Gasteiger partial charge in [0.05, 0.1) is 26.4 Å². The number of esters is 4. The maximum atomic E-state index is 13.1. The standard InChI is InChI=1S/C82H160O17P2/c1-9-75(8)61-53-45-37-28-22-16-13-14-17-23-29-38-46-54-62-79(84)92-68-77(98-81(86)64-56-48-40-30-24-18-12-10-11-15-20-26-34-42-50-58-72(2)3)70-96-100(88,89)94-66-76(83)67-95-101(90,91)97-71-78(69-93-80(85)63-55-47-39-33-32-36-44-52-60-74(6)7)99-82(87)65-57-49-41-31-25-19-21-27-35-43-51-59-73(4)5/h72-78,83H,9-71H2,1-8H3,(H,88,89)(H,90,91)/t75?,76-,77-,78-/m1/s1. The molecule has 19 heteroatoms. The monoisotopic (exact) mass is 1480 g/mol. The highest BCUT2D eigenvalue weighted by molar-refractivity contribution is 7.47. The summed E-state index contributed by atoms with van der Waals surface area (Å²) in [6, 6.07) is 0. The molecule has 0 aliphatic heterocycles. The third-order valence-corrected chi connectivity index (χ3v) is 21.3. The summed E-state index contributed by atoms with van der Waals surface area (Å²) in [5.41, 5.74) is 0. The molecule has 0 saturated heterocycles. The van der Waals surface area contributed by atoms with Crippen LogP contribution in [0.3, 0.4) is 0 Å². The van der Waals surface area contributed by atoms with Crippen LogP contribution in [-0.2, 0) is 65.4 Å². The highest BCUT2D eigenvalue weighted by atomic mass is 31.2. The number of carbonyl (C=O) groups excluding carboxylic acids is 4. The predicted molar refractivity (Wildman–Crippen MR) is 414 cm³/mol. The Labute approximate surface area is 619 Å². The van der Waals surface area contributed by atoms with Crippen molar-refractivity contribution >= 4 is 39.5 Å². The van der Waals surface area contributed by atoms with Gasteiger partial charge in [0, 0.05) is 25.7 Å². The van der Waals surface area contributed by atoms with Crippen molar-refractivity contribution in [3.05, 3.63) is 0 Å². The maximum absolute atomic E-state index is 13.1. The van der Waals surface area contributed by atoms with Crippen LogP contribution in [0.2, 0.25) is 0 Å². The number of aliphatic hydroxyl groups excluding tert-OH is 1. The number of phosphoric acid groups is 2. The lowest BCUT2D eigenvalue weighted by Gasteiger charge is -2.21. The van der Waals surface area contributed by atoms with Gasteiger partial charge in [0.15, 0.2) is 12.2 Å². The lowest BCUT2D eigenvalue weighted by atomic mass is 9.99. The van der Waals surface area contributed by atoms with E-state index in [4.69, 9.17) is 37.0 Å². The van der Waals surface area contributed by atoms with Crippen LogP contribution in [0.5, 0.6) is 0 Å². The van der Waals surface area contributed by atoms with Gasteiger partial charge in [-0.3, -0.25) is 37.3 Å². The van der Waals surface area contributed by atoms with E-state index in [0.29, 0.717) is 25.7 Å². The minimum atomic E-state index is -4.96. The summed E-state index contributed by atoms with van der Waals surface area (Å²) in [4.78, 5) is 73.1. The van der Waals surface area contributed by atoms with Crippen molar-refractivity contribution in [3.63, 3.8) is 0 Å². The Morgan fingerprint density at radius 2 is 0.475 bits per heavy atom. The third kappa shape index (κ3) is 74.7. The molecule has 0 bridgehead atoms. The molecule has 3 unspecified atom stereocenters. The summed E-state index contributed by atoms with van der Waals surface area (Å²) in [5, 5.41) is 10.7. The molecule has 0 fully saturated rings. The minimum absolute atomic E-state index is 0.106. The van der Waals surface area contributed by atoms with Crippen LogP contribution in [0.4, 0.5) is 0 Å². The number of rotatable bonds is 79. The molecule has 0 radical (unpaired) electrons. The van der Waals surface area contributed by atoms with Crippen molar-refractivity contribution in [1.29, 1.82) is 0 Å². The summed E-state index contributed by atoms with van der Waals surface area (Å²) in [6.07, 6.45) is 58.2. The number of aliphatic hydroxyl groups is 1. The Bertz CT molecular complexity index is 1970. The van der Waals surface area contributed by atoms with Gasteiger partial charge >= 0.3 is 39.5 Å². The van der Waals surface area contributed by atoms with Gasteiger partial charge in [-0.05, 0) is 49.4 Å². The van der Waals surface area contributed by atoms with Crippen LogP contribution in [0.1, 0.15) is 421 Å². The number of carbonyl (C=O) groups is 4. The third-order valence-electron chi connectivity index (χ3n) is 19.4. The Morgan fingerprint density at radius 3 is 0.703 bits per heavy atom. The first-order valence-corrected chi connectivity index (χ1v) is 45.2. The fourth-order valence-electron chi connectivity index (χ4n) is 12.6. The second-order valence-corrected chi connectivity index (χ2v) is 34.1. The first-order valence-electron chi connectivity index (χ1n) is 42.2. The smallest absolute Gasteiger partial charge is 0.462 e. The zero-order valence-electron chi connectivity index (χ0n) is 66.5. The van der Waals surface area contributed by atoms with E-state index in [1.807, 2.05) is 0 Å². The van der Waals surface area contributed by atoms with Gasteiger partial charge in [0.25, 0.3) is 0 Å². The van der Waals surface area contributed by atoms with E-state index >= 15 is 0 Å². The van der Waals surface area contributed by atoms with Gasteiger partial charge in [0.2, 0.25) is 0 Å². The van der Waals surface area contributed by atoms with E-state index in [1.165, 1.54) is 225 Å². The number of hydrogen-bond donors (Lipinski definition) is 3. The average molecular weight is 1480 g/mol. The molecule has 0 aromatic heterocycles. The van der Waals surface area contributed by atoms with Gasteiger partial charge in [-0.15, -0.1) is 0 Å². The summed E-state index contributed by atoms with van der Waals surface area (Å²) < 4.78 is 68.8. The number of hydrogen-bond acceptors (Lipinski definition) is 15. The molecule has 600 valence electrons. The minimum Gasteiger partial charge on any atom is -0.462 e. The maximum Gasteiger partial charge on any atom is 0.472 e. The van der Waals surface area contributed by atoms with Crippen molar-refractivity contribution < 1.29 is 80.2 Å². The molecule has 0 aliphatic rings. The fraction of sp³-hybridized carbons (Fsp3) is 0.951. The fourth-order valence-corrected chi connectivity index (χ4v) is 14.2. The molecule has 0 aromatic rings. The van der Waals surface area contributed by atoms with E-state index in [1.54, 1.807) is 0 Å². The lowest BCUT2D eigenvalue weighted by molar-refractivity contribution is -0.161. The van der Waals surface area contributed by atoms with Crippen LogP contribution in [0.25, 0.3) is 0 Å². The van der Waals surface area contributed by atoms with Gasteiger partial charge in [0.1, 0.15) is 19.3 Å². The van der Waals surface area contributed by atoms with Crippen LogP contribution in [0.15, 0.2) is 0 Å². The lowest BCUT2D eigenvalue weighted by Crippen LogP contribution is -2.30. The molecule has 6 atom stereocenters. The highest BCUT2D eigenvalue weighted by Crippen LogP contribution is 2.45. The zero-order chi connectivity index (χ0) is 74.6. The molecule has 0 rings (SSSR count). The van der Waals surface area contributed by atoms with Gasteiger partial charge in [-0.25, -0.2) is 9.13 Å². The molecule has 0 aliphatic carbocycles. The molecular formula is C82H160O17P2. The summed E-state index contributed by atoms with van der Waals surface area (Å²) in [6.45, 7) is 14.3. The van der Waals surface area contributed by atoms with Crippen molar-refractivity contribution in [2.24, 2.45) is 23.7 Å². The Kier molecular flexibility index (Phi) is 69.6. The average Bonchev–Trinajstić information content (AvgIpc) is 0.973. The van der Waals surface area contributed by atoms with Crippen LogP contribution >= 0.6 is 15.6 Å². The molecule has 3 N–H and O–H groups in total. The summed E-state index contributed by atoms with van der Waals surface area (Å²) >= 11 is 0. The molecule has 0 amide bonds.